The quantitative estimate of drug-likeness (QED) is 0.899. The van der Waals surface area contributed by atoms with Crippen molar-refractivity contribution >= 4 is 5.82 Å². The molecule has 1 aliphatic heterocycles. The molecule has 1 fully saturated rings. The van der Waals surface area contributed by atoms with Crippen molar-refractivity contribution in [2.45, 2.75) is 25.9 Å². The lowest BCUT2D eigenvalue weighted by Crippen LogP contribution is -2.05. The second-order valence-corrected chi connectivity index (χ2v) is 4.86. The number of aromatic nitrogens is 3. The summed E-state index contributed by atoms with van der Waals surface area (Å²) in [6.07, 6.45) is 3.40. The molecule has 102 valence electrons. The van der Waals surface area contributed by atoms with E-state index < -0.39 is 0 Å². The van der Waals surface area contributed by atoms with Gasteiger partial charge in [-0.25, -0.2) is 4.98 Å². The zero-order chi connectivity index (χ0) is 14.1. The Hall–Kier alpha value is -2.39. The van der Waals surface area contributed by atoms with Crippen LogP contribution in [0.5, 0.6) is 0 Å². The largest absolute Gasteiger partial charge is 0.382 e. The zero-order valence-electron chi connectivity index (χ0n) is 11.2. The van der Waals surface area contributed by atoms with Crippen LogP contribution in [0.25, 0.3) is 5.82 Å². The average molecular weight is 269 g/mol. The summed E-state index contributed by atoms with van der Waals surface area (Å²) in [5, 5.41) is 13.8. The monoisotopic (exact) mass is 269 g/mol. The highest BCUT2D eigenvalue weighted by molar-refractivity contribution is 5.56. The van der Waals surface area contributed by atoms with Crippen molar-refractivity contribution in [3.8, 4) is 11.9 Å². The minimum absolute atomic E-state index is 0.141. The van der Waals surface area contributed by atoms with E-state index in [0.717, 1.165) is 18.4 Å². The summed E-state index contributed by atoms with van der Waals surface area (Å²) >= 11 is 0. The minimum Gasteiger partial charge on any atom is -0.382 e. The van der Waals surface area contributed by atoms with Gasteiger partial charge in [0.2, 0.25) is 0 Å². The standard InChI is InChI=1S/C14H15N5O/c1-9-4-5-17-12(7-9)19-14(16)10(8-15)13(18-19)11-3-2-6-20-11/h4-5,7,11H,2-3,6,16H2,1H3. The van der Waals surface area contributed by atoms with E-state index in [4.69, 9.17) is 10.5 Å². The summed E-state index contributed by atoms with van der Waals surface area (Å²) in [6, 6.07) is 5.91. The van der Waals surface area contributed by atoms with Crippen LogP contribution in [0.1, 0.15) is 35.8 Å². The predicted molar refractivity (Wildman–Crippen MR) is 73.2 cm³/mol. The molecule has 2 aromatic heterocycles. The Bertz CT molecular complexity index is 679. The Kier molecular flexibility index (Phi) is 3.12. The number of rotatable bonds is 2. The number of ether oxygens (including phenoxy) is 1. The molecule has 0 spiro atoms. The summed E-state index contributed by atoms with van der Waals surface area (Å²) in [5.74, 6) is 0.930. The Balaban J connectivity index is 2.11. The van der Waals surface area contributed by atoms with Crippen LogP contribution in [0.3, 0.4) is 0 Å². The van der Waals surface area contributed by atoms with E-state index >= 15 is 0 Å². The highest BCUT2D eigenvalue weighted by Crippen LogP contribution is 2.32. The van der Waals surface area contributed by atoms with Gasteiger partial charge in [-0.2, -0.15) is 15.0 Å². The number of nitrogens with zero attached hydrogens (tertiary/aromatic N) is 4. The highest BCUT2D eigenvalue weighted by atomic mass is 16.5. The van der Waals surface area contributed by atoms with Crippen LogP contribution in [0, 0.1) is 18.3 Å². The Morgan fingerprint density at radius 1 is 1.55 bits per heavy atom. The molecule has 6 heteroatoms. The number of nitrogen functional groups attached to an aromatic ring is 1. The second-order valence-electron chi connectivity index (χ2n) is 4.86. The molecule has 0 aromatic carbocycles. The Morgan fingerprint density at radius 2 is 2.40 bits per heavy atom. The van der Waals surface area contributed by atoms with E-state index in [1.165, 1.54) is 4.68 Å². The summed E-state index contributed by atoms with van der Waals surface area (Å²) in [4.78, 5) is 4.26. The lowest BCUT2D eigenvalue weighted by atomic mass is 10.1. The average Bonchev–Trinajstić information content (AvgIpc) is 3.05. The number of aryl methyl sites for hydroxylation is 1. The first kappa shape index (κ1) is 12.6. The number of anilines is 1. The number of hydrogen-bond donors (Lipinski definition) is 1. The van der Waals surface area contributed by atoms with Crippen molar-refractivity contribution < 1.29 is 4.74 Å². The third kappa shape index (κ3) is 2.02. The molecule has 3 heterocycles. The van der Waals surface area contributed by atoms with E-state index in [1.54, 1.807) is 6.20 Å². The molecule has 2 N–H and O–H groups in total. The predicted octanol–water partition coefficient (Wildman–Crippen LogP) is 1.88. The molecule has 6 nitrogen and oxygen atoms in total. The van der Waals surface area contributed by atoms with Crippen LogP contribution in [-0.4, -0.2) is 21.4 Å². The number of pyridine rings is 1. The molecule has 3 rings (SSSR count). The fraction of sp³-hybridized carbons (Fsp3) is 0.357. The van der Waals surface area contributed by atoms with Crippen LogP contribution in [-0.2, 0) is 4.74 Å². The maximum atomic E-state index is 9.32. The minimum atomic E-state index is -0.141. The highest BCUT2D eigenvalue weighted by Gasteiger charge is 2.27. The van der Waals surface area contributed by atoms with Crippen LogP contribution < -0.4 is 5.73 Å². The number of hydrogen-bond acceptors (Lipinski definition) is 5. The van der Waals surface area contributed by atoms with Crippen molar-refractivity contribution in [3.63, 3.8) is 0 Å². The fourth-order valence-corrected chi connectivity index (χ4v) is 2.39. The van der Waals surface area contributed by atoms with Crippen molar-refractivity contribution in [2.75, 3.05) is 12.3 Å². The van der Waals surface area contributed by atoms with Crippen molar-refractivity contribution in [1.82, 2.24) is 14.8 Å². The first-order valence-corrected chi connectivity index (χ1v) is 6.54. The molecule has 2 aromatic rings. The molecule has 1 aliphatic rings. The van der Waals surface area contributed by atoms with Gasteiger partial charge in [0.05, 0.1) is 0 Å². The lowest BCUT2D eigenvalue weighted by molar-refractivity contribution is 0.108. The third-order valence-corrected chi connectivity index (χ3v) is 3.41. The molecule has 0 aliphatic carbocycles. The zero-order valence-corrected chi connectivity index (χ0v) is 11.2. The van der Waals surface area contributed by atoms with Gasteiger partial charge in [0.15, 0.2) is 5.82 Å². The van der Waals surface area contributed by atoms with Gasteiger partial charge in [0.25, 0.3) is 0 Å². The summed E-state index contributed by atoms with van der Waals surface area (Å²) < 4.78 is 7.12. The number of nitrogens with two attached hydrogens (primary N) is 1. The fourth-order valence-electron chi connectivity index (χ4n) is 2.39. The van der Waals surface area contributed by atoms with Crippen molar-refractivity contribution in [1.29, 1.82) is 5.26 Å². The van der Waals surface area contributed by atoms with Gasteiger partial charge in [-0.3, -0.25) is 0 Å². The molecular formula is C14H15N5O. The molecule has 0 saturated carbocycles. The lowest BCUT2D eigenvalue weighted by Gasteiger charge is -2.05. The van der Waals surface area contributed by atoms with Gasteiger partial charge in [-0.15, -0.1) is 0 Å². The van der Waals surface area contributed by atoms with Crippen LogP contribution in [0.4, 0.5) is 5.82 Å². The van der Waals surface area contributed by atoms with E-state index in [2.05, 4.69) is 16.2 Å². The topological polar surface area (TPSA) is 89.8 Å². The molecule has 20 heavy (non-hydrogen) atoms. The van der Waals surface area contributed by atoms with Crippen LogP contribution in [0.15, 0.2) is 18.3 Å². The van der Waals surface area contributed by atoms with Crippen LogP contribution in [0.2, 0.25) is 0 Å². The van der Waals surface area contributed by atoms with Gasteiger partial charge in [0.1, 0.15) is 29.2 Å². The van der Waals surface area contributed by atoms with Crippen molar-refractivity contribution in [2.24, 2.45) is 0 Å². The first-order chi connectivity index (χ1) is 9.70. The first-order valence-electron chi connectivity index (χ1n) is 6.54. The smallest absolute Gasteiger partial charge is 0.155 e. The summed E-state index contributed by atoms with van der Waals surface area (Å²) in [7, 11) is 0. The van der Waals surface area contributed by atoms with E-state index in [-0.39, 0.29) is 6.10 Å². The summed E-state index contributed by atoms with van der Waals surface area (Å²) in [5.41, 5.74) is 8.11. The third-order valence-electron chi connectivity index (χ3n) is 3.41. The van der Waals surface area contributed by atoms with Crippen LogP contribution >= 0.6 is 0 Å². The molecule has 0 bridgehead atoms. The Morgan fingerprint density at radius 3 is 3.05 bits per heavy atom. The van der Waals surface area contributed by atoms with E-state index in [0.29, 0.717) is 29.5 Å². The van der Waals surface area contributed by atoms with Gasteiger partial charge >= 0.3 is 0 Å². The maximum absolute atomic E-state index is 9.32. The SMILES string of the molecule is Cc1ccnc(-n2nc(C3CCCO3)c(C#N)c2N)c1. The molecular weight excluding hydrogens is 254 g/mol. The van der Waals surface area contributed by atoms with Gasteiger partial charge in [-0.05, 0) is 37.5 Å². The number of nitriles is 1. The summed E-state index contributed by atoms with van der Waals surface area (Å²) in [6.45, 7) is 2.67. The van der Waals surface area contributed by atoms with E-state index in [9.17, 15) is 5.26 Å². The van der Waals surface area contributed by atoms with Gasteiger partial charge in [-0.1, -0.05) is 0 Å². The van der Waals surface area contributed by atoms with Gasteiger partial charge < -0.3 is 10.5 Å². The molecule has 0 radical (unpaired) electrons. The molecule has 1 unspecified atom stereocenters. The normalized spacial score (nSPS) is 18.1. The molecule has 1 saturated heterocycles. The maximum Gasteiger partial charge on any atom is 0.155 e. The molecule has 0 amide bonds. The van der Waals surface area contributed by atoms with Crippen molar-refractivity contribution in [3.05, 3.63) is 35.2 Å². The molecule has 1 atom stereocenters. The Labute approximate surface area is 116 Å². The second kappa shape index (κ2) is 4.94. The van der Waals surface area contributed by atoms with E-state index in [1.807, 2.05) is 19.1 Å². The van der Waals surface area contributed by atoms with Gasteiger partial charge in [0, 0.05) is 12.8 Å².